The molecule has 0 bridgehead atoms. The molecule has 94 valence electrons. The Kier molecular flexibility index (Phi) is 3.23. The Balaban J connectivity index is 2.60. The summed E-state index contributed by atoms with van der Waals surface area (Å²) in [7, 11) is 1.29. The van der Waals surface area contributed by atoms with E-state index >= 15 is 0 Å². The van der Waals surface area contributed by atoms with Crippen LogP contribution in [0.3, 0.4) is 0 Å². The number of halogens is 2. The number of hydrogen-bond donors (Lipinski definition) is 0. The Morgan fingerprint density at radius 3 is 2.33 bits per heavy atom. The Labute approximate surface area is 103 Å². The van der Waals surface area contributed by atoms with Gasteiger partial charge < -0.3 is 4.74 Å². The van der Waals surface area contributed by atoms with E-state index in [4.69, 9.17) is 4.74 Å². The van der Waals surface area contributed by atoms with Gasteiger partial charge in [0, 0.05) is 17.3 Å². The van der Waals surface area contributed by atoms with Crippen LogP contribution in [0.2, 0.25) is 0 Å². The molecule has 1 aromatic carbocycles. The van der Waals surface area contributed by atoms with Crippen molar-refractivity contribution in [1.29, 1.82) is 0 Å². The third-order valence-corrected chi connectivity index (χ3v) is 2.48. The summed E-state index contributed by atoms with van der Waals surface area (Å²) >= 11 is 0. The minimum atomic E-state index is -0.622. The lowest BCUT2D eigenvalue weighted by atomic mass is 10.1. The predicted molar refractivity (Wildman–Crippen MR) is 63.4 cm³/mol. The fourth-order valence-electron chi connectivity index (χ4n) is 1.74. The second-order valence-electron chi connectivity index (χ2n) is 3.91. The maximum Gasteiger partial charge on any atom is 0.165 e. The summed E-state index contributed by atoms with van der Waals surface area (Å²) < 4.78 is 32.2. The molecule has 0 saturated heterocycles. The van der Waals surface area contributed by atoms with E-state index in [1.54, 1.807) is 19.9 Å². The molecule has 0 atom stereocenters. The van der Waals surface area contributed by atoms with Crippen LogP contribution in [0.25, 0.3) is 11.3 Å². The standard InChI is InChI=1S/C13H12F2N2O/c1-7-4-12(17-8(2)16-7)9-5-11(15)13(18-3)6-10(9)14/h4-6H,1-3H3. The number of benzene rings is 1. The minimum Gasteiger partial charge on any atom is -0.494 e. The molecule has 0 unspecified atom stereocenters. The zero-order chi connectivity index (χ0) is 13.3. The van der Waals surface area contributed by atoms with Gasteiger partial charge in [-0.1, -0.05) is 0 Å². The van der Waals surface area contributed by atoms with Crippen LogP contribution in [0.4, 0.5) is 8.78 Å². The molecule has 5 heteroatoms. The molecule has 0 fully saturated rings. The summed E-state index contributed by atoms with van der Waals surface area (Å²) in [5.41, 5.74) is 1.16. The highest BCUT2D eigenvalue weighted by Gasteiger charge is 2.13. The highest BCUT2D eigenvalue weighted by atomic mass is 19.1. The molecule has 2 aromatic rings. The van der Waals surface area contributed by atoms with E-state index in [9.17, 15) is 8.78 Å². The van der Waals surface area contributed by atoms with Crippen LogP contribution >= 0.6 is 0 Å². The van der Waals surface area contributed by atoms with Crippen molar-refractivity contribution in [3.63, 3.8) is 0 Å². The molecule has 18 heavy (non-hydrogen) atoms. The number of hydrogen-bond acceptors (Lipinski definition) is 3. The number of nitrogens with zero attached hydrogens (tertiary/aromatic N) is 2. The molecule has 0 amide bonds. The topological polar surface area (TPSA) is 35.0 Å². The molecule has 0 aliphatic rings. The quantitative estimate of drug-likeness (QED) is 0.821. The molecule has 3 nitrogen and oxygen atoms in total. The van der Waals surface area contributed by atoms with Gasteiger partial charge in [-0.15, -0.1) is 0 Å². The maximum absolute atomic E-state index is 13.9. The van der Waals surface area contributed by atoms with Crippen LogP contribution in [-0.4, -0.2) is 17.1 Å². The largest absolute Gasteiger partial charge is 0.494 e. The minimum absolute atomic E-state index is 0.0990. The molecule has 0 saturated carbocycles. The second-order valence-corrected chi connectivity index (χ2v) is 3.91. The van der Waals surface area contributed by atoms with E-state index < -0.39 is 11.6 Å². The van der Waals surface area contributed by atoms with Crippen molar-refractivity contribution in [3.05, 3.63) is 41.4 Å². The number of ether oxygens (including phenoxy) is 1. The van der Waals surface area contributed by atoms with Gasteiger partial charge in [0.1, 0.15) is 11.6 Å². The van der Waals surface area contributed by atoms with Gasteiger partial charge in [-0.25, -0.2) is 18.7 Å². The lowest BCUT2D eigenvalue weighted by molar-refractivity contribution is 0.383. The Bertz CT molecular complexity index is 580. The Hall–Kier alpha value is -2.04. The van der Waals surface area contributed by atoms with E-state index in [1.807, 2.05) is 0 Å². The van der Waals surface area contributed by atoms with Gasteiger partial charge in [0.15, 0.2) is 11.6 Å². The molecule has 2 rings (SSSR count). The van der Waals surface area contributed by atoms with Crippen molar-refractivity contribution in [2.75, 3.05) is 7.11 Å². The molecular formula is C13H12F2N2O. The van der Waals surface area contributed by atoms with Crippen molar-refractivity contribution in [1.82, 2.24) is 9.97 Å². The summed E-state index contributed by atoms with van der Waals surface area (Å²) in [6.45, 7) is 3.48. The van der Waals surface area contributed by atoms with E-state index in [0.29, 0.717) is 17.2 Å². The van der Waals surface area contributed by atoms with Crippen LogP contribution in [0.5, 0.6) is 5.75 Å². The van der Waals surface area contributed by atoms with Gasteiger partial charge >= 0.3 is 0 Å². The lowest BCUT2D eigenvalue weighted by Crippen LogP contribution is -1.97. The Morgan fingerprint density at radius 1 is 1.00 bits per heavy atom. The highest BCUT2D eigenvalue weighted by molar-refractivity contribution is 5.61. The summed E-state index contributed by atoms with van der Waals surface area (Å²) in [6.07, 6.45) is 0. The molecular weight excluding hydrogens is 238 g/mol. The summed E-state index contributed by atoms with van der Waals surface area (Å²) in [5.74, 6) is -0.812. The lowest BCUT2D eigenvalue weighted by Gasteiger charge is -2.08. The zero-order valence-corrected chi connectivity index (χ0v) is 10.3. The van der Waals surface area contributed by atoms with Gasteiger partial charge in [0.05, 0.1) is 12.8 Å². The molecule has 1 aromatic heterocycles. The summed E-state index contributed by atoms with van der Waals surface area (Å²) in [5, 5.41) is 0. The average Bonchev–Trinajstić information content (AvgIpc) is 2.30. The molecule has 0 spiro atoms. The second kappa shape index (κ2) is 4.68. The number of aryl methyl sites for hydroxylation is 2. The molecule has 0 aliphatic heterocycles. The van der Waals surface area contributed by atoms with Crippen molar-refractivity contribution in [2.45, 2.75) is 13.8 Å². The first kappa shape index (κ1) is 12.4. The van der Waals surface area contributed by atoms with E-state index in [1.165, 1.54) is 7.11 Å². The zero-order valence-electron chi connectivity index (χ0n) is 10.3. The van der Waals surface area contributed by atoms with Gasteiger partial charge in [0.2, 0.25) is 0 Å². The first-order valence-electron chi connectivity index (χ1n) is 5.37. The number of rotatable bonds is 2. The number of aromatic nitrogens is 2. The van der Waals surface area contributed by atoms with Crippen LogP contribution in [-0.2, 0) is 0 Å². The van der Waals surface area contributed by atoms with Crippen LogP contribution < -0.4 is 4.74 Å². The van der Waals surface area contributed by atoms with Crippen molar-refractivity contribution >= 4 is 0 Å². The average molecular weight is 250 g/mol. The van der Waals surface area contributed by atoms with Crippen LogP contribution in [0, 0.1) is 25.5 Å². The molecule has 1 heterocycles. The first-order valence-corrected chi connectivity index (χ1v) is 5.37. The summed E-state index contributed by atoms with van der Waals surface area (Å²) in [4.78, 5) is 8.20. The summed E-state index contributed by atoms with van der Waals surface area (Å²) in [6, 6.07) is 3.70. The van der Waals surface area contributed by atoms with E-state index in [2.05, 4.69) is 9.97 Å². The molecule has 0 N–H and O–H groups in total. The van der Waals surface area contributed by atoms with E-state index in [-0.39, 0.29) is 11.3 Å². The van der Waals surface area contributed by atoms with Gasteiger partial charge in [0.25, 0.3) is 0 Å². The van der Waals surface area contributed by atoms with Crippen molar-refractivity contribution in [3.8, 4) is 17.0 Å². The SMILES string of the molecule is COc1cc(F)c(-c2cc(C)nc(C)n2)cc1F. The Morgan fingerprint density at radius 2 is 1.72 bits per heavy atom. The fourth-order valence-corrected chi connectivity index (χ4v) is 1.74. The molecule has 0 radical (unpaired) electrons. The fraction of sp³-hybridized carbons (Fsp3) is 0.231. The van der Waals surface area contributed by atoms with Crippen molar-refractivity contribution < 1.29 is 13.5 Å². The third-order valence-electron chi connectivity index (χ3n) is 2.48. The van der Waals surface area contributed by atoms with Crippen LogP contribution in [0.1, 0.15) is 11.5 Å². The smallest absolute Gasteiger partial charge is 0.165 e. The van der Waals surface area contributed by atoms with Crippen molar-refractivity contribution in [2.24, 2.45) is 0 Å². The first-order chi connectivity index (χ1) is 8.51. The van der Waals surface area contributed by atoms with Gasteiger partial charge in [-0.3, -0.25) is 0 Å². The van der Waals surface area contributed by atoms with Crippen LogP contribution in [0.15, 0.2) is 18.2 Å². The molecule has 0 aliphatic carbocycles. The number of methoxy groups -OCH3 is 1. The van der Waals surface area contributed by atoms with Gasteiger partial charge in [-0.2, -0.15) is 0 Å². The highest BCUT2D eigenvalue weighted by Crippen LogP contribution is 2.28. The predicted octanol–water partition coefficient (Wildman–Crippen LogP) is 3.05. The monoisotopic (exact) mass is 250 g/mol. The third kappa shape index (κ3) is 2.30. The normalized spacial score (nSPS) is 10.5. The van der Waals surface area contributed by atoms with Gasteiger partial charge in [-0.05, 0) is 26.0 Å². The van der Waals surface area contributed by atoms with E-state index in [0.717, 1.165) is 12.1 Å². The maximum atomic E-state index is 13.9.